The molecule has 40 heavy (non-hydrogen) atoms. The van der Waals surface area contributed by atoms with E-state index in [9.17, 15) is 0 Å². The highest BCUT2D eigenvalue weighted by Crippen LogP contribution is 2.50. The maximum atomic E-state index is 6.09. The molecule has 3 atom stereocenters. The molecule has 4 nitrogen and oxygen atoms in total. The van der Waals surface area contributed by atoms with Crippen molar-refractivity contribution in [1.29, 1.82) is 0 Å². The fraction of sp³-hybridized carbons (Fsp3) is 0.250. The van der Waals surface area contributed by atoms with Gasteiger partial charge in [-0.25, -0.2) is 0 Å². The zero-order valence-corrected chi connectivity index (χ0v) is 23.6. The zero-order valence-electron chi connectivity index (χ0n) is 23.6. The van der Waals surface area contributed by atoms with E-state index in [0.717, 1.165) is 29.0 Å². The lowest BCUT2D eigenvalue weighted by Gasteiger charge is -2.37. The van der Waals surface area contributed by atoms with E-state index in [2.05, 4.69) is 98.9 Å². The number of hydrogen-bond acceptors (Lipinski definition) is 4. The Hall–Kier alpha value is -4.31. The summed E-state index contributed by atoms with van der Waals surface area (Å²) < 4.78 is 11.7. The summed E-state index contributed by atoms with van der Waals surface area (Å²) in [6, 6.07) is 28.1. The molecule has 0 spiro atoms. The van der Waals surface area contributed by atoms with Gasteiger partial charge in [0.05, 0.1) is 18.8 Å². The molecule has 4 aromatic rings. The molecule has 0 aromatic heterocycles. The lowest BCUT2D eigenvalue weighted by molar-refractivity contribution is 0.284. The average Bonchev–Trinajstić information content (AvgIpc) is 3.45. The van der Waals surface area contributed by atoms with Crippen molar-refractivity contribution in [3.8, 4) is 11.5 Å². The van der Waals surface area contributed by atoms with Gasteiger partial charge in [0, 0.05) is 17.8 Å². The van der Waals surface area contributed by atoms with Crippen molar-refractivity contribution in [3.05, 3.63) is 130 Å². The molecule has 1 aliphatic heterocycles. The largest absolute Gasteiger partial charge is 0.493 e. The number of ether oxygens (including phenoxy) is 2. The van der Waals surface area contributed by atoms with Gasteiger partial charge >= 0.3 is 0 Å². The first-order valence-corrected chi connectivity index (χ1v) is 14.0. The number of hydrogen-bond donors (Lipinski definition) is 1. The third kappa shape index (κ3) is 5.40. The van der Waals surface area contributed by atoms with Crippen LogP contribution in [0.3, 0.4) is 0 Å². The Balaban J connectivity index is 1.14. The predicted molar refractivity (Wildman–Crippen MR) is 164 cm³/mol. The van der Waals surface area contributed by atoms with Gasteiger partial charge < -0.3 is 14.8 Å². The van der Waals surface area contributed by atoms with Crippen LogP contribution < -0.4 is 14.8 Å². The number of anilines is 1. The smallest absolute Gasteiger partial charge is 0.161 e. The number of allylic oxidation sites excluding steroid dienone is 2. The minimum atomic E-state index is 0.286. The van der Waals surface area contributed by atoms with Gasteiger partial charge in [-0.1, -0.05) is 71.3 Å². The number of methoxy groups -OCH3 is 1. The van der Waals surface area contributed by atoms with Crippen molar-refractivity contribution in [2.75, 3.05) is 12.4 Å². The van der Waals surface area contributed by atoms with Gasteiger partial charge in [-0.2, -0.15) is 0 Å². The van der Waals surface area contributed by atoms with Crippen molar-refractivity contribution in [3.63, 3.8) is 0 Å². The molecular formula is C36H36N2O2. The fourth-order valence-electron chi connectivity index (χ4n) is 6.16. The summed E-state index contributed by atoms with van der Waals surface area (Å²) in [7, 11) is 1.67. The topological polar surface area (TPSA) is 42.8 Å². The van der Waals surface area contributed by atoms with Crippen molar-refractivity contribution in [1.82, 2.24) is 0 Å². The fourth-order valence-corrected chi connectivity index (χ4v) is 6.16. The van der Waals surface area contributed by atoms with Gasteiger partial charge in [-0.05, 0) is 91.8 Å². The van der Waals surface area contributed by atoms with E-state index in [4.69, 9.17) is 14.5 Å². The molecule has 0 unspecified atom stereocenters. The second-order valence-corrected chi connectivity index (χ2v) is 11.1. The van der Waals surface area contributed by atoms with Gasteiger partial charge in [0.1, 0.15) is 6.61 Å². The molecule has 0 saturated carbocycles. The Kier molecular flexibility index (Phi) is 7.17. The average molecular weight is 529 g/mol. The van der Waals surface area contributed by atoms with Gasteiger partial charge in [0.2, 0.25) is 0 Å². The highest BCUT2D eigenvalue weighted by Gasteiger charge is 2.37. The van der Waals surface area contributed by atoms with Crippen LogP contribution in [-0.2, 0) is 6.61 Å². The summed E-state index contributed by atoms with van der Waals surface area (Å²) in [4.78, 5) is 4.74. The number of fused-ring (bicyclic) bond motifs is 3. The van der Waals surface area contributed by atoms with Crippen LogP contribution in [0.5, 0.6) is 11.5 Å². The van der Waals surface area contributed by atoms with E-state index in [1.54, 1.807) is 7.11 Å². The summed E-state index contributed by atoms with van der Waals surface area (Å²) in [6.07, 6.45) is 7.71. The van der Waals surface area contributed by atoms with E-state index < -0.39 is 0 Å². The quantitative estimate of drug-likeness (QED) is 0.193. The Morgan fingerprint density at radius 3 is 2.42 bits per heavy atom. The van der Waals surface area contributed by atoms with Crippen LogP contribution in [0.2, 0.25) is 0 Å². The minimum Gasteiger partial charge on any atom is -0.493 e. The van der Waals surface area contributed by atoms with Crippen molar-refractivity contribution >= 4 is 17.6 Å². The highest BCUT2D eigenvalue weighted by atomic mass is 16.5. The molecule has 0 fully saturated rings. The number of nitrogens with one attached hydrogen (secondary N) is 1. The van der Waals surface area contributed by atoms with Crippen molar-refractivity contribution < 1.29 is 9.47 Å². The lowest BCUT2D eigenvalue weighted by atomic mass is 9.76. The number of rotatable bonds is 7. The van der Waals surface area contributed by atoms with E-state index in [1.807, 2.05) is 24.4 Å². The summed E-state index contributed by atoms with van der Waals surface area (Å²) in [6.45, 7) is 6.88. The van der Waals surface area contributed by atoms with Crippen LogP contribution >= 0.6 is 0 Å². The molecule has 1 heterocycles. The Bertz CT molecular complexity index is 1570. The molecule has 0 saturated heterocycles. The third-order valence-corrected chi connectivity index (χ3v) is 8.00. The molecular weight excluding hydrogens is 492 g/mol. The first-order chi connectivity index (χ1) is 19.5. The second-order valence-electron chi connectivity index (χ2n) is 11.1. The van der Waals surface area contributed by atoms with Gasteiger partial charge in [-0.3, -0.25) is 4.99 Å². The van der Waals surface area contributed by atoms with Crippen LogP contribution in [0.25, 0.3) is 0 Å². The van der Waals surface area contributed by atoms with E-state index in [1.165, 1.54) is 33.5 Å². The molecule has 0 bridgehead atoms. The van der Waals surface area contributed by atoms with Gasteiger partial charge in [-0.15, -0.1) is 0 Å². The molecule has 4 heteroatoms. The first kappa shape index (κ1) is 25.9. The standard InChI is InChI=1S/C36H36N2O2/c1-23-8-14-33-32(19-23)30-6-5-7-31(30)36(38-33)28-10-12-29(13-11-28)37-21-26-9-15-34(35(20-26)39-4)40-22-27-17-24(2)16-25(3)18-27/h5-6,8-21,30-31,36,38H,7,22H2,1-4H3/t30-,31+,36+/m1/s1. The van der Waals surface area contributed by atoms with Crippen LogP contribution in [0.1, 0.15) is 57.3 Å². The Morgan fingerprint density at radius 2 is 1.65 bits per heavy atom. The third-order valence-electron chi connectivity index (χ3n) is 8.00. The number of aryl methyl sites for hydroxylation is 3. The normalized spacial score (nSPS) is 19.2. The molecule has 6 rings (SSSR count). The number of aliphatic imine (C=N–C) groups is 1. The number of benzene rings is 4. The van der Waals surface area contributed by atoms with E-state index in [-0.39, 0.29) is 6.04 Å². The van der Waals surface area contributed by atoms with Crippen LogP contribution in [-0.4, -0.2) is 13.3 Å². The summed E-state index contributed by atoms with van der Waals surface area (Å²) in [5.74, 6) is 2.43. The van der Waals surface area contributed by atoms with E-state index >= 15 is 0 Å². The molecule has 1 aliphatic carbocycles. The lowest BCUT2D eigenvalue weighted by Crippen LogP contribution is -2.29. The maximum absolute atomic E-state index is 6.09. The molecule has 0 amide bonds. The molecule has 1 N–H and O–H groups in total. The zero-order chi connectivity index (χ0) is 27.6. The minimum absolute atomic E-state index is 0.286. The molecule has 4 aromatic carbocycles. The van der Waals surface area contributed by atoms with Crippen molar-refractivity contribution in [2.45, 2.75) is 45.8 Å². The first-order valence-electron chi connectivity index (χ1n) is 14.0. The van der Waals surface area contributed by atoms with Gasteiger partial charge in [0.15, 0.2) is 11.5 Å². The molecule has 2 aliphatic rings. The SMILES string of the molecule is COc1cc(C=Nc2ccc([C@@H]3Nc4ccc(C)cc4[C@@H]4C=CC[C@@H]43)cc2)ccc1OCc1cc(C)cc(C)c1. The van der Waals surface area contributed by atoms with Crippen LogP contribution in [0.4, 0.5) is 11.4 Å². The predicted octanol–water partition coefficient (Wildman–Crippen LogP) is 8.78. The number of nitrogens with zero attached hydrogens (tertiary/aromatic N) is 1. The summed E-state index contributed by atoms with van der Waals surface area (Å²) in [5, 5.41) is 3.83. The Morgan fingerprint density at radius 1 is 0.850 bits per heavy atom. The Labute approximate surface area is 237 Å². The molecule has 0 radical (unpaired) electrons. The van der Waals surface area contributed by atoms with Crippen LogP contribution in [0, 0.1) is 26.7 Å². The van der Waals surface area contributed by atoms with Crippen molar-refractivity contribution in [2.24, 2.45) is 10.9 Å². The maximum Gasteiger partial charge on any atom is 0.161 e. The monoisotopic (exact) mass is 528 g/mol. The van der Waals surface area contributed by atoms with Gasteiger partial charge in [0.25, 0.3) is 0 Å². The second kappa shape index (κ2) is 11.1. The summed E-state index contributed by atoms with van der Waals surface area (Å²) >= 11 is 0. The molecule has 202 valence electrons. The van der Waals surface area contributed by atoms with Crippen LogP contribution in [0.15, 0.2) is 96.0 Å². The highest BCUT2D eigenvalue weighted by molar-refractivity contribution is 5.83. The summed E-state index contributed by atoms with van der Waals surface area (Å²) in [5.41, 5.74) is 10.8. The van der Waals surface area contributed by atoms with E-state index in [0.29, 0.717) is 24.2 Å².